The molecule has 110 valence electrons. The molecule has 0 fully saturated rings. The minimum atomic E-state index is -0.548. The third-order valence-corrected chi connectivity index (χ3v) is 3.04. The number of hydrogen-bond acceptors (Lipinski definition) is 4. The Morgan fingerprint density at radius 2 is 1.73 bits per heavy atom. The van der Waals surface area contributed by atoms with E-state index in [2.05, 4.69) is 10.6 Å². The highest BCUT2D eigenvalue weighted by molar-refractivity contribution is 6.00. The second-order valence-electron chi connectivity index (χ2n) is 4.61. The molecule has 0 aliphatic carbocycles. The van der Waals surface area contributed by atoms with Gasteiger partial charge in [-0.05, 0) is 30.3 Å². The quantitative estimate of drug-likeness (QED) is 0.677. The van der Waals surface area contributed by atoms with Crippen LogP contribution in [0, 0.1) is 0 Å². The van der Waals surface area contributed by atoms with E-state index < -0.39 is 17.2 Å². The normalized spacial score (nSPS) is 10.4. The number of carbonyl (C=O) groups excluding carboxylic acids is 1. The Labute approximate surface area is 125 Å². The fourth-order valence-corrected chi connectivity index (χ4v) is 2.01. The van der Waals surface area contributed by atoms with Crippen LogP contribution >= 0.6 is 0 Å². The van der Waals surface area contributed by atoms with Gasteiger partial charge in [0.15, 0.2) is 5.75 Å². The predicted molar refractivity (Wildman–Crippen MR) is 83.2 cm³/mol. The zero-order chi connectivity index (χ0) is 15.5. The van der Waals surface area contributed by atoms with Crippen molar-refractivity contribution in [2.75, 3.05) is 10.6 Å². The maximum Gasteiger partial charge on any atom is 0.323 e. The largest absolute Gasteiger partial charge is 0.502 e. The minimum absolute atomic E-state index is 0.192. The standard InChI is InChI=1S/C16H12N2O4/c19-13-9-22-14-7-6-11(8-12(14)15(13)20)18-16(21)17-10-4-2-1-3-5-10/h1-9,19H,(H2,17,18,21). The molecule has 2 amide bonds. The topological polar surface area (TPSA) is 91.6 Å². The van der Waals surface area contributed by atoms with Gasteiger partial charge in [0, 0.05) is 11.4 Å². The lowest BCUT2D eigenvalue weighted by Crippen LogP contribution is -2.19. The molecule has 0 unspecified atom stereocenters. The summed E-state index contributed by atoms with van der Waals surface area (Å²) in [6.45, 7) is 0. The first-order chi connectivity index (χ1) is 10.6. The first kappa shape index (κ1) is 13.7. The molecule has 6 nitrogen and oxygen atoms in total. The molecule has 1 heterocycles. The summed E-state index contributed by atoms with van der Waals surface area (Å²) in [5, 5.41) is 14.9. The van der Waals surface area contributed by atoms with Crippen LogP contribution in [0.5, 0.6) is 5.75 Å². The van der Waals surface area contributed by atoms with Crippen LogP contribution in [0.25, 0.3) is 11.0 Å². The van der Waals surface area contributed by atoms with Gasteiger partial charge in [-0.2, -0.15) is 0 Å². The van der Waals surface area contributed by atoms with Crippen LogP contribution in [0.2, 0.25) is 0 Å². The monoisotopic (exact) mass is 296 g/mol. The van der Waals surface area contributed by atoms with Gasteiger partial charge in [-0.25, -0.2) is 4.79 Å². The molecule has 0 spiro atoms. The van der Waals surface area contributed by atoms with Crippen molar-refractivity contribution in [1.29, 1.82) is 0 Å². The van der Waals surface area contributed by atoms with Crippen LogP contribution in [0.3, 0.4) is 0 Å². The van der Waals surface area contributed by atoms with Crippen molar-refractivity contribution in [3.63, 3.8) is 0 Å². The van der Waals surface area contributed by atoms with Gasteiger partial charge in [-0.15, -0.1) is 0 Å². The average molecular weight is 296 g/mol. The van der Waals surface area contributed by atoms with Crippen LogP contribution in [0.4, 0.5) is 16.2 Å². The van der Waals surface area contributed by atoms with E-state index >= 15 is 0 Å². The lowest BCUT2D eigenvalue weighted by molar-refractivity contribution is 0.262. The van der Waals surface area contributed by atoms with Crippen molar-refractivity contribution in [1.82, 2.24) is 0 Å². The zero-order valence-corrected chi connectivity index (χ0v) is 11.4. The van der Waals surface area contributed by atoms with E-state index in [1.54, 1.807) is 36.4 Å². The van der Waals surface area contributed by atoms with Gasteiger partial charge >= 0.3 is 6.03 Å². The lowest BCUT2D eigenvalue weighted by Gasteiger charge is -2.08. The minimum Gasteiger partial charge on any atom is -0.502 e. The summed E-state index contributed by atoms with van der Waals surface area (Å²) in [5.41, 5.74) is 0.849. The Bertz CT molecular complexity index is 888. The van der Waals surface area contributed by atoms with Crippen molar-refractivity contribution < 1.29 is 14.3 Å². The number of anilines is 2. The highest BCUT2D eigenvalue weighted by Crippen LogP contribution is 2.19. The highest BCUT2D eigenvalue weighted by Gasteiger charge is 2.08. The van der Waals surface area contributed by atoms with E-state index in [9.17, 15) is 14.7 Å². The summed E-state index contributed by atoms with van der Waals surface area (Å²) in [6, 6.07) is 13.1. The van der Waals surface area contributed by atoms with Crippen molar-refractivity contribution in [2.45, 2.75) is 0 Å². The molecule has 1 aromatic heterocycles. The van der Waals surface area contributed by atoms with Crippen molar-refractivity contribution >= 4 is 28.4 Å². The van der Waals surface area contributed by atoms with Crippen LogP contribution < -0.4 is 16.1 Å². The Morgan fingerprint density at radius 3 is 2.50 bits per heavy atom. The second-order valence-corrected chi connectivity index (χ2v) is 4.61. The molecule has 3 rings (SSSR count). The Kier molecular flexibility index (Phi) is 3.49. The molecule has 22 heavy (non-hydrogen) atoms. The van der Waals surface area contributed by atoms with Crippen molar-refractivity contribution in [2.24, 2.45) is 0 Å². The molecule has 0 atom stereocenters. The van der Waals surface area contributed by atoms with Crippen molar-refractivity contribution in [3.8, 4) is 5.75 Å². The van der Waals surface area contributed by atoms with Crippen LogP contribution in [0.15, 0.2) is 64.0 Å². The molecular formula is C16H12N2O4. The molecule has 0 aliphatic rings. The SMILES string of the molecule is O=C(Nc1ccccc1)Nc1ccc2occ(O)c(=O)c2c1. The van der Waals surface area contributed by atoms with Crippen molar-refractivity contribution in [3.05, 3.63) is 65.0 Å². The molecule has 3 N–H and O–H groups in total. The molecule has 2 aromatic carbocycles. The van der Waals surface area contributed by atoms with Gasteiger partial charge in [-0.1, -0.05) is 18.2 Å². The number of carbonyl (C=O) groups is 1. The van der Waals surface area contributed by atoms with Gasteiger partial charge in [0.05, 0.1) is 5.39 Å². The third kappa shape index (κ3) is 2.76. The first-order valence-electron chi connectivity index (χ1n) is 6.51. The van der Waals surface area contributed by atoms with Crippen LogP contribution in [-0.2, 0) is 0 Å². The van der Waals surface area contributed by atoms with Gasteiger partial charge in [0.2, 0.25) is 5.43 Å². The van der Waals surface area contributed by atoms with E-state index in [4.69, 9.17) is 4.42 Å². The molecule has 0 saturated carbocycles. The fraction of sp³-hybridized carbons (Fsp3) is 0. The highest BCUT2D eigenvalue weighted by atomic mass is 16.3. The summed E-state index contributed by atoms with van der Waals surface area (Å²) in [7, 11) is 0. The third-order valence-electron chi connectivity index (χ3n) is 3.04. The molecule has 0 bridgehead atoms. The summed E-state index contributed by atoms with van der Waals surface area (Å²) >= 11 is 0. The number of rotatable bonds is 2. The lowest BCUT2D eigenvalue weighted by atomic mass is 10.2. The number of para-hydroxylation sites is 1. The van der Waals surface area contributed by atoms with E-state index in [1.165, 1.54) is 6.07 Å². The number of amides is 2. The molecule has 3 aromatic rings. The summed E-state index contributed by atoms with van der Waals surface area (Å²) in [5.74, 6) is -0.474. The number of nitrogens with one attached hydrogen (secondary N) is 2. The summed E-state index contributed by atoms with van der Waals surface area (Å²) in [4.78, 5) is 23.7. The van der Waals surface area contributed by atoms with E-state index in [-0.39, 0.29) is 5.39 Å². The summed E-state index contributed by atoms with van der Waals surface area (Å²) < 4.78 is 5.10. The fourth-order valence-electron chi connectivity index (χ4n) is 2.01. The average Bonchev–Trinajstić information content (AvgIpc) is 2.52. The Morgan fingerprint density at radius 1 is 1.00 bits per heavy atom. The molecular weight excluding hydrogens is 284 g/mol. The molecule has 0 aliphatic heterocycles. The maximum atomic E-state index is 11.9. The molecule has 6 heteroatoms. The number of fused-ring (bicyclic) bond motifs is 1. The van der Waals surface area contributed by atoms with Crippen LogP contribution in [0.1, 0.15) is 0 Å². The Hall–Kier alpha value is -3.28. The number of benzene rings is 2. The van der Waals surface area contributed by atoms with E-state index in [1.807, 2.05) is 6.07 Å². The van der Waals surface area contributed by atoms with Gasteiger partial charge in [0.25, 0.3) is 0 Å². The number of hydrogen-bond donors (Lipinski definition) is 3. The first-order valence-corrected chi connectivity index (χ1v) is 6.51. The van der Waals surface area contributed by atoms with Crippen LogP contribution in [-0.4, -0.2) is 11.1 Å². The number of urea groups is 1. The zero-order valence-electron chi connectivity index (χ0n) is 11.4. The molecule has 0 radical (unpaired) electrons. The van der Waals surface area contributed by atoms with Gasteiger partial charge in [-0.3, -0.25) is 4.79 Å². The number of aromatic hydroxyl groups is 1. The van der Waals surface area contributed by atoms with Gasteiger partial charge < -0.3 is 20.2 Å². The predicted octanol–water partition coefficient (Wildman–Crippen LogP) is 3.14. The Balaban J connectivity index is 1.83. The van der Waals surface area contributed by atoms with E-state index in [0.29, 0.717) is 17.0 Å². The summed E-state index contributed by atoms with van der Waals surface area (Å²) in [6.07, 6.45) is 0.986. The van der Waals surface area contributed by atoms with Gasteiger partial charge in [0.1, 0.15) is 11.8 Å². The second kappa shape index (κ2) is 5.61. The van der Waals surface area contributed by atoms with E-state index in [0.717, 1.165) is 6.26 Å². The smallest absolute Gasteiger partial charge is 0.323 e. The maximum absolute atomic E-state index is 11.9. The molecule has 0 saturated heterocycles.